The number of carbonyl (C=O) groups is 1. The van der Waals surface area contributed by atoms with Crippen molar-refractivity contribution in [2.24, 2.45) is 11.7 Å². The van der Waals surface area contributed by atoms with Gasteiger partial charge in [-0.1, -0.05) is 28.4 Å². The molecular formula is C19H20Cl2F3N3O3. The van der Waals surface area contributed by atoms with Crippen molar-refractivity contribution in [3.8, 4) is 5.75 Å². The largest absolute Gasteiger partial charge is 0.491 e. The molecule has 3 rings (SSSR count). The van der Waals surface area contributed by atoms with E-state index in [4.69, 9.17) is 33.5 Å². The number of carbonyl (C=O) groups excluding carboxylic acids is 1. The van der Waals surface area contributed by atoms with Crippen LogP contribution >= 0.6 is 23.2 Å². The van der Waals surface area contributed by atoms with Gasteiger partial charge in [0.05, 0.1) is 15.7 Å². The van der Waals surface area contributed by atoms with E-state index in [1.54, 1.807) is 0 Å². The zero-order chi connectivity index (χ0) is 22.1. The highest BCUT2D eigenvalue weighted by atomic mass is 35.5. The Bertz CT molecular complexity index is 912. The third-order valence-electron chi connectivity index (χ3n) is 5.05. The van der Waals surface area contributed by atoms with E-state index in [0.717, 1.165) is 30.6 Å². The molecule has 11 heteroatoms. The molecule has 0 saturated carbocycles. The fourth-order valence-electron chi connectivity index (χ4n) is 3.50. The molecule has 0 bridgehead atoms. The lowest BCUT2D eigenvalue weighted by Gasteiger charge is -2.35. The zero-order valence-corrected chi connectivity index (χ0v) is 17.5. The van der Waals surface area contributed by atoms with Crippen molar-refractivity contribution in [1.82, 2.24) is 10.1 Å². The summed E-state index contributed by atoms with van der Waals surface area (Å²) in [7, 11) is 0. The number of hydrogen-bond donors (Lipinski definition) is 1. The number of benzene rings is 1. The average molecular weight is 466 g/mol. The van der Waals surface area contributed by atoms with Crippen LogP contribution in [-0.2, 0) is 11.3 Å². The molecule has 1 atom stereocenters. The number of esters is 1. The molecule has 1 unspecified atom stereocenters. The van der Waals surface area contributed by atoms with Crippen molar-refractivity contribution >= 4 is 29.2 Å². The first-order chi connectivity index (χ1) is 14.0. The number of nitrogens with two attached hydrogens (primary N) is 1. The predicted octanol–water partition coefficient (Wildman–Crippen LogP) is 4.67. The molecule has 1 fully saturated rings. The van der Waals surface area contributed by atoms with Gasteiger partial charge in [0.1, 0.15) is 11.5 Å². The van der Waals surface area contributed by atoms with Crippen molar-refractivity contribution < 1.29 is 27.2 Å². The van der Waals surface area contributed by atoms with Gasteiger partial charge in [-0.25, -0.2) is 4.79 Å². The molecule has 6 nitrogen and oxygen atoms in total. The number of piperidine rings is 1. The maximum atomic E-state index is 12.6. The van der Waals surface area contributed by atoms with E-state index < -0.39 is 18.2 Å². The van der Waals surface area contributed by atoms with Gasteiger partial charge >= 0.3 is 12.1 Å². The summed E-state index contributed by atoms with van der Waals surface area (Å²) in [5.41, 5.74) is 7.41. The number of aryl methyl sites for hydroxylation is 1. The number of ether oxygens (including phenoxy) is 1. The van der Waals surface area contributed by atoms with Crippen molar-refractivity contribution in [3.05, 3.63) is 45.3 Å². The summed E-state index contributed by atoms with van der Waals surface area (Å²) in [6, 6.07) is 3.64. The molecule has 1 saturated heterocycles. The zero-order valence-electron chi connectivity index (χ0n) is 16.0. The summed E-state index contributed by atoms with van der Waals surface area (Å²) in [6.07, 6.45) is -3.74. The number of aromatic nitrogens is 1. The van der Waals surface area contributed by atoms with Gasteiger partial charge in [0, 0.05) is 30.3 Å². The minimum Gasteiger partial charge on any atom is -0.419 e. The Labute approximate surface area is 181 Å². The molecule has 1 aliphatic rings. The normalized spacial score (nSPS) is 17.2. The monoisotopic (exact) mass is 465 g/mol. The van der Waals surface area contributed by atoms with E-state index in [0.29, 0.717) is 19.4 Å². The fraction of sp³-hybridized carbons (Fsp3) is 0.474. The summed E-state index contributed by atoms with van der Waals surface area (Å²) in [4.78, 5) is 13.5. The molecule has 0 aliphatic carbocycles. The fourth-order valence-corrected chi connectivity index (χ4v) is 3.82. The minimum absolute atomic E-state index is 0.0321. The van der Waals surface area contributed by atoms with Crippen molar-refractivity contribution in [2.45, 2.75) is 38.5 Å². The van der Waals surface area contributed by atoms with E-state index >= 15 is 0 Å². The Morgan fingerprint density at radius 1 is 1.30 bits per heavy atom. The van der Waals surface area contributed by atoms with Crippen molar-refractivity contribution in [2.75, 3.05) is 13.1 Å². The van der Waals surface area contributed by atoms with Crippen LogP contribution in [0.4, 0.5) is 13.2 Å². The van der Waals surface area contributed by atoms with E-state index in [1.165, 1.54) is 6.07 Å². The van der Waals surface area contributed by atoms with Crippen LogP contribution in [0.3, 0.4) is 0 Å². The summed E-state index contributed by atoms with van der Waals surface area (Å²) >= 11 is 11.9. The lowest BCUT2D eigenvalue weighted by atomic mass is 9.85. The number of likely N-dealkylation sites (tertiary alicyclic amines) is 1. The first kappa shape index (κ1) is 22.9. The van der Waals surface area contributed by atoms with Crippen LogP contribution in [0.1, 0.15) is 35.9 Å². The van der Waals surface area contributed by atoms with Crippen LogP contribution in [0.25, 0.3) is 0 Å². The third kappa shape index (κ3) is 5.46. The predicted molar refractivity (Wildman–Crippen MR) is 104 cm³/mol. The number of halogens is 5. The molecule has 30 heavy (non-hydrogen) atoms. The van der Waals surface area contributed by atoms with Crippen molar-refractivity contribution in [3.63, 3.8) is 0 Å². The van der Waals surface area contributed by atoms with E-state index in [2.05, 4.69) is 14.8 Å². The first-order valence-corrected chi connectivity index (χ1v) is 9.98. The molecule has 2 heterocycles. The second kappa shape index (κ2) is 9.13. The molecule has 2 aromatic rings. The van der Waals surface area contributed by atoms with Crippen LogP contribution in [0, 0.1) is 12.8 Å². The molecule has 2 N–H and O–H groups in total. The van der Waals surface area contributed by atoms with Gasteiger partial charge < -0.3 is 15.0 Å². The quantitative estimate of drug-likeness (QED) is 0.510. The maximum absolute atomic E-state index is 12.6. The lowest BCUT2D eigenvalue weighted by molar-refractivity contribution is -0.189. The number of nitrogens with zero attached hydrogens (tertiary/aromatic N) is 2. The van der Waals surface area contributed by atoms with E-state index in [-0.39, 0.29) is 27.3 Å². The van der Waals surface area contributed by atoms with Gasteiger partial charge in [0.25, 0.3) is 0 Å². The van der Waals surface area contributed by atoms with Crippen molar-refractivity contribution in [1.29, 1.82) is 0 Å². The molecule has 0 spiro atoms. The molecular weight excluding hydrogens is 446 g/mol. The van der Waals surface area contributed by atoms with Gasteiger partial charge in [0.15, 0.2) is 0 Å². The van der Waals surface area contributed by atoms with Gasteiger partial charge in [-0.05, 0) is 44.8 Å². The number of rotatable bonds is 5. The van der Waals surface area contributed by atoms with Gasteiger partial charge in [-0.15, -0.1) is 0 Å². The second-order valence-electron chi connectivity index (χ2n) is 7.26. The minimum atomic E-state index is -5.14. The smallest absolute Gasteiger partial charge is 0.419 e. The second-order valence-corrected chi connectivity index (χ2v) is 8.07. The van der Waals surface area contributed by atoms with Crippen LogP contribution in [0.15, 0.2) is 22.7 Å². The molecule has 1 aromatic carbocycles. The number of alkyl halides is 3. The van der Waals surface area contributed by atoms with Crippen LogP contribution < -0.4 is 10.5 Å². The number of hydrogen-bond acceptors (Lipinski definition) is 6. The van der Waals surface area contributed by atoms with E-state index in [9.17, 15) is 18.0 Å². The third-order valence-corrected chi connectivity index (χ3v) is 5.77. The SMILES string of the molecule is Cc1cc(CN2CCC(C(N)c3cc(Cl)c(Cl)cc3OC(=O)C(F)(F)F)CC2)no1. The molecule has 0 amide bonds. The topological polar surface area (TPSA) is 81.6 Å². The van der Waals surface area contributed by atoms with Crippen LogP contribution in [-0.4, -0.2) is 35.3 Å². The summed E-state index contributed by atoms with van der Waals surface area (Å²) in [5.74, 6) is -1.98. The van der Waals surface area contributed by atoms with Crippen LogP contribution in [0.2, 0.25) is 10.0 Å². The van der Waals surface area contributed by atoms with Gasteiger partial charge in [-0.2, -0.15) is 13.2 Å². The standard InChI is InChI=1S/C19H20Cl2F3N3O3/c1-10-6-12(26-30-10)9-27-4-2-11(3-5-27)17(25)13-7-14(20)15(21)8-16(13)29-18(28)19(22,23)24/h6-8,11,17H,2-5,9,25H2,1H3. The van der Waals surface area contributed by atoms with Crippen LogP contribution in [0.5, 0.6) is 5.75 Å². The Kier molecular flexibility index (Phi) is 6.96. The van der Waals surface area contributed by atoms with Gasteiger partial charge in [-0.3, -0.25) is 4.90 Å². The molecule has 1 aromatic heterocycles. The highest BCUT2D eigenvalue weighted by Gasteiger charge is 2.42. The van der Waals surface area contributed by atoms with Gasteiger partial charge in [0.2, 0.25) is 0 Å². The lowest BCUT2D eigenvalue weighted by Crippen LogP contribution is -2.37. The summed E-state index contributed by atoms with van der Waals surface area (Å²) in [6.45, 7) is 3.91. The maximum Gasteiger partial charge on any atom is 0.491 e. The molecule has 1 aliphatic heterocycles. The Morgan fingerprint density at radius 2 is 1.93 bits per heavy atom. The molecule has 0 radical (unpaired) electrons. The first-order valence-electron chi connectivity index (χ1n) is 9.22. The Hall–Kier alpha value is -1.81. The average Bonchev–Trinajstić information content (AvgIpc) is 3.08. The molecule has 164 valence electrons. The Balaban J connectivity index is 1.71. The summed E-state index contributed by atoms with van der Waals surface area (Å²) in [5, 5.41) is 4.07. The highest BCUT2D eigenvalue weighted by molar-refractivity contribution is 6.42. The highest BCUT2D eigenvalue weighted by Crippen LogP contribution is 2.39. The Morgan fingerprint density at radius 3 is 2.50 bits per heavy atom. The summed E-state index contributed by atoms with van der Waals surface area (Å²) < 4.78 is 47.5. The van der Waals surface area contributed by atoms with E-state index in [1.807, 2.05) is 13.0 Å².